The number of fused-ring (bicyclic) bond motifs is 1. The van der Waals surface area contributed by atoms with Gasteiger partial charge in [0.2, 0.25) is 5.78 Å². The van der Waals surface area contributed by atoms with Gasteiger partial charge in [-0.25, -0.2) is 0 Å². The number of likely N-dealkylation sites (tertiary alicyclic amines) is 1. The van der Waals surface area contributed by atoms with Gasteiger partial charge in [0, 0.05) is 29.7 Å². The molecule has 1 fully saturated rings. The number of rotatable bonds is 6. The molecular weight excluding hydrogens is 410 g/mol. The molecule has 2 aromatic carbocycles. The third kappa shape index (κ3) is 4.72. The number of carbonyl (C=O) groups excluding carboxylic acids is 3. The van der Waals surface area contributed by atoms with Crippen molar-refractivity contribution in [2.24, 2.45) is 11.7 Å². The minimum absolute atomic E-state index is 0.0784. The molecule has 0 saturated carbocycles. The molecule has 1 atom stereocenters. The van der Waals surface area contributed by atoms with Gasteiger partial charge in [0.05, 0.1) is 13.0 Å². The lowest BCUT2D eigenvalue weighted by molar-refractivity contribution is -0.152. The van der Waals surface area contributed by atoms with Crippen molar-refractivity contribution in [3.8, 4) is 11.8 Å². The maximum absolute atomic E-state index is 13.3. The number of amides is 1. The van der Waals surface area contributed by atoms with Crippen molar-refractivity contribution in [1.82, 2.24) is 4.90 Å². The van der Waals surface area contributed by atoms with Crippen molar-refractivity contribution in [1.29, 1.82) is 5.26 Å². The third-order valence-electron chi connectivity index (χ3n) is 5.51. The van der Waals surface area contributed by atoms with Crippen molar-refractivity contribution >= 4 is 28.4 Å². The van der Waals surface area contributed by atoms with E-state index in [0.717, 1.165) is 10.8 Å². The van der Waals surface area contributed by atoms with Crippen LogP contribution < -0.4 is 10.5 Å². The maximum Gasteiger partial charge on any atom is 0.311 e. The van der Waals surface area contributed by atoms with Gasteiger partial charge < -0.3 is 20.1 Å². The number of ketones is 1. The smallest absolute Gasteiger partial charge is 0.311 e. The van der Waals surface area contributed by atoms with Crippen LogP contribution >= 0.6 is 0 Å². The molecule has 1 aliphatic rings. The molecular formula is C24H25N3O5. The summed E-state index contributed by atoms with van der Waals surface area (Å²) in [6.45, 7) is 1.61. The first-order valence-electron chi connectivity index (χ1n) is 10.3. The molecule has 0 unspecified atom stereocenters. The first-order valence-corrected chi connectivity index (χ1v) is 10.3. The first-order chi connectivity index (χ1) is 15.4. The molecule has 0 spiro atoms. The number of allylic oxidation sites excluding steroid dienone is 1. The van der Waals surface area contributed by atoms with Gasteiger partial charge >= 0.3 is 5.97 Å². The summed E-state index contributed by atoms with van der Waals surface area (Å²) >= 11 is 0. The summed E-state index contributed by atoms with van der Waals surface area (Å²) in [5.41, 5.74) is 5.90. The summed E-state index contributed by atoms with van der Waals surface area (Å²) in [6.07, 6.45) is 1.19. The van der Waals surface area contributed by atoms with Gasteiger partial charge in [0.15, 0.2) is 6.61 Å². The number of nitrogens with two attached hydrogens (primary N) is 1. The molecule has 32 heavy (non-hydrogen) atoms. The van der Waals surface area contributed by atoms with E-state index in [0.29, 0.717) is 30.7 Å². The number of Topliss-reactive ketones (excluding diaryl/α,β-unsaturated/α-hetero) is 1. The van der Waals surface area contributed by atoms with Crippen molar-refractivity contribution in [2.75, 3.05) is 26.8 Å². The highest BCUT2D eigenvalue weighted by molar-refractivity contribution is 6.08. The highest BCUT2D eigenvalue weighted by Crippen LogP contribution is 2.30. The molecule has 1 saturated heterocycles. The van der Waals surface area contributed by atoms with Gasteiger partial charge in [0.1, 0.15) is 17.4 Å². The molecule has 0 aliphatic carbocycles. The number of benzene rings is 2. The average Bonchev–Trinajstić information content (AvgIpc) is 2.81. The van der Waals surface area contributed by atoms with Crippen LogP contribution in [0.1, 0.15) is 30.1 Å². The fraction of sp³-hybridized carbons (Fsp3) is 0.333. The van der Waals surface area contributed by atoms with Crippen LogP contribution in [0.15, 0.2) is 47.7 Å². The highest BCUT2D eigenvalue weighted by Gasteiger charge is 2.31. The number of methoxy groups -OCH3 is 1. The van der Waals surface area contributed by atoms with E-state index in [1.165, 1.54) is 6.92 Å². The van der Waals surface area contributed by atoms with Gasteiger partial charge in [-0.15, -0.1) is 0 Å². The van der Waals surface area contributed by atoms with Crippen LogP contribution in [-0.4, -0.2) is 49.4 Å². The molecule has 1 amide bonds. The van der Waals surface area contributed by atoms with E-state index in [-0.39, 0.29) is 23.7 Å². The van der Waals surface area contributed by atoms with Gasteiger partial charge in [-0.2, -0.15) is 5.26 Å². The molecule has 2 N–H and O–H groups in total. The number of piperidine rings is 1. The van der Waals surface area contributed by atoms with Crippen molar-refractivity contribution in [3.05, 3.63) is 53.2 Å². The topological polar surface area (TPSA) is 123 Å². The van der Waals surface area contributed by atoms with E-state index in [1.807, 2.05) is 24.3 Å². The van der Waals surface area contributed by atoms with Gasteiger partial charge in [-0.05, 0) is 37.3 Å². The molecule has 1 heterocycles. The SMILES string of the molecule is COc1ccc(C(=O)N2CCC[C@@H](C(=O)OCC(=O)/C(C#N)=C(\C)N)C2)c2ccccc12. The average molecular weight is 435 g/mol. The van der Waals surface area contributed by atoms with Crippen LogP contribution in [0.4, 0.5) is 0 Å². The number of nitriles is 1. The summed E-state index contributed by atoms with van der Waals surface area (Å²) in [5.74, 6) is -1.25. The van der Waals surface area contributed by atoms with Gasteiger partial charge in [-0.1, -0.05) is 24.3 Å². The lowest BCUT2D eigenvalue weighted by Crippen LogP contribution is -2.43. The Balaban J connectivity index is 1.71. The second kappa shape index (κ2) is 9.96. The summed E-state index contributed by atoms with van der Waals surface area (Å²) < 4.78 is 10.5. The number of ether oxygens (including phenoxy) is 2. The second-order valence-corrected chi connectivity index (χ2v) is 7.65. The van der Waals surface area contributed by atoms with Crippen molar-refractivity contribution in [2.45, 2.75) is 19.8 Å². The minimum atomic E-state index is -0.644. The number of hydrogen-bond donors (Lipinski definition) is 1. The summed E-state index contributed by atoms with van der Waals surface area (Å²) in [7, 11) is 1.58. The monoisotopic (exact) mass is 435 g/mol. The molecule has 8 heteroatoms. The molecule has 2 aromatic rings. The van der Waals surface area contributed by atoms with Gasteiger partial charge in [0.25, 0.3) is 5.91 Å². The lowest BCUT2D eigenvalue weighted by atomic mass is 9.96. The van der Waals surface area contributed by atoms with E-state index >= 15 is 0 Å². The van der Waals surface area contributed by atoms with Crippen LogP contribution in [0.3, 0.4) is 0 Å². The van der Waals surface area contributed by atoms with Crippen LogP contribution in [-0.2, 0) is 14.3 Å². The Labute approximate surface area is 186 Å². The predicted molar refractivity (Wildman–Crippen MR) is 118 cm³/mol. The van der Waals surface area contributed by atoms with Crippen LogP contribution in [0.5, 0.6) is 5.75 Å². The summed E-state index contributed by atoms with van der Waals surface area (Å²) in [6, 6.07) is 12.7. The number of nitrogens with zero attached hydrogens (tertiary/aromatic N) is 2. The molecule has 3 rings (SSSR count). The largest absolute Gasteiger partial charge is 0.496 e. The van der Waals surface area contributed by atoms with E-state index in [1.54, 1.807) is 30.2 Å². The Kier molecular flexibility index (Phi) is 7.11. The molecule has 0 aromatic heterocycles. The fourth-order valence-corrected chi connectivity index (χ4v) is 3.86. The van der Waals surface area contributed by atoms with Crippen molar-refractivity contribution < 1.29 is 23.9 Å². The number of hydrogen-bond acceptors (Lipinski definition) is 7. The zero-order valence-corrected chi connectivity index (χ0v) is 18.1. The maximum atomic E-state index is 13.3. The molecule has 1 aliphatic heterocycles. The Morgan fingerprint density at radius 1 is 1.19 bits per heavy atom. The second-order valence-electron chi connectivity index (χ2n) is 7.65. The normalized spacial score (nSPS) is 16.7. The van der Waals surface area contributed by atoms with Gasteiger partial charge in [-0.3, -0.25) is 14.4 Å². The standard InChI is InChI=1S/C24H25N3O5/c1-15(26)20(12-25)21(28)14-32-24(30)16-6-5-11-27(13-16)23(29)19-9-10-22(31-2)18-8-4-3-7-17(18)19/h3-4,7-10,16H,5-6,11,13-14,26H2,1-2H3/b20-15+/t16-/m1/s1. The zero-order chi connectivity index (χ0) is 23.3. The van der Waals surface area contributed by atoms with E-state index in [2.05, 4.69) is 0 Å². The number of carbonyl (C=O) groups is 3. The Bertz CT molecular complexity index is 1130. The molecule has 0 radical (unpaired) electrons. The predicted octanol–water partition coefficient (Wildman–Crippen LogP) is 2.57. The highest BCUT2D eigenvalue weighted by atomic mass is 16.5. The lowest BCUT2D eigenvalue weighted by Gasteiger charge is -2.32. The Morgan fingerprint density at radius 2 is 1.91 bits per heavy atom. The number of esters is 1. The molecule has 0 bridgehead atoms. The zero-order valence-electron chi connectivity index (χ0n) is 18.1. The third-order valence-corrected chi connectivity index (χ3v) is 5.51. The van der Waals surface area contributed by atoms with Crippen LogP contribution in [0.2, 0.25) is 0 Å². The van der Waals surface area contributed by atoms with E-state index in [9.17, 15) is 14.4 Å². The Hall–Kier alpha value is -3.86. The molecule has 8 nitrogen and oxygen atoms in total. The Morgan fingerprint density at radius 3 is 2.56 bits per heavy atom. The van der Waals surface area contributed by atoms with Crippen LogP contribution in [0.25, 0.3) is 10.8 Å². The van der Waals surface area contributed by atoms with Crippen molar-refractivity contribution in [3.63, 3.8) is 0 Å². The first kappa shape index (κ1) is 22.8. The van der Waals surface area contributed by atoms with Crippen LogP contribution in [0, 0.1) is 17.2 Å². The van der Waals surface area contributed by atoms with E-state index in [4.69, 9.17) is 20.5 Å². The fourth-order valence-electron chi connectivity index (χ4n) is 3.86. The van der Waals surface area contributed by atoms with E-state index < -0.39 is 24.3 Å². The summed E-state index contributed by atoms with van der Waals surface area (Å²) in [5, 5.41) is 10.6. The molecule has 166 valence electrons. The quantitative estimate of drug-likeness (QED) is 0.420. The summed E-state index contributed by atoms with van der Waals surface area (Å²) in [4.78, 5) is 39.5. The minimum Gasteiger partial charge on any atom is -0.496 e.